The maximum absolute atomic E-state index is 14.0. The van der Waals surface area contributed by atoms with Crippen LogP contribution in [-0.2, 0) is 4.79 Å². The highest BCUT2D eigenvalue weighted by Crippen LogP contribution is 2.51. The van der Waals surface area contributed by atoms with Gasteiger partial charge in [0.1, 0.15) is 0 Å². The molecule has 0 aromatic heterocycles. The van der Waals surface area contributed by atoms with Gasteiger partial charge in [-0.2, -0.15) is 0 Å². The minimum Gasteiger partial charge on any atom is -0.339 e. The average Bonchev–Trinajstić information content (AvgIpc) is 3.26. The van der Waals surface area contributed by atoms with E-state index in [1.807, 2.05) is 18.2 Å². The number of rotatable bonds is 3. The van der Waals surface area contributed by atoms with E-state index in [2.05, 4.69) is 4.90 Å². The molecule has 2 saturated heterocycles. The van der Waals surface area contributed by atoms with E-state index >= 15 is 0 Å². The number of nitrogens with zero attached hydrogens (tertiary/aromatic N) is 2. The van der Waals surface area contributed by atoms with E-state index in [0.717, 1.165) is 55.5 Å². The third-order valence-corrected chi connectivity index (χ3v) is 8.11. The van der Waals surface area contributed by atoms with Crippen LogP contribution < -0.4 is 0 Å². The summed E-state index contributed by atoms with van der Waals surface area (Å²) >= 11 is 12.6. The fourth-order valence-corrected chi connectivity index (χ4v) is 6.15. The molecule has 5 rings (SSSR count). The summed E-state index contributed by atoms with van der Waals surface area (Å²) in [6, 6.07) is 6.38. The van der Waals surface area contributed by atoms with Crippen LogP contribution in [0.3, 0.4) is 0 Å². The summed E-state index contributed by atoms with van der Waals surface area (Å²) in [5.74, 6) is 0.231. The molecule has 0 radical (unpaired) electrons. The Bertz CT molecular complexity index is 783. The van der Waals surface area contributed by atoms with E-state index in [1.54, 1.807) is 4.90 Å². The molecule has 0 bridgehead atoms. The number of halogens is 3. The third-order valence-electron chi connectivity index (χ3n) is 7.53. The van der Waals surface area contributed by atoms with Crippen molar-refractivity contribution in [1.82, 2.24) is 9.80 Å². The van der Waals surface area contributed by atoms with Gasteiger partial charge in [-0.3, -0.25) is 4.79 Å². The lowest BCUT2D eigenvalue weighted by Crippen LogP contribution is -2.60. The second kappa shape index (κ2) is 6.85. The minimum absolute atomic E-state index is 0.249. The summed E-state index contributed by atoms with van der Waals surface area (Å²) in [5, 5.41) is 1.58. The maximum atomic E-state index is 14.0. The van der Waals surface area contributed by atoms with Crippen molar-refractivity contribution in [2.45, 2.75) is 62.6 Å². The highest BCUT2D eigenvalue weighted by Gasteiger charge is 2.58. The minimum atomic E-state index is -1.51. The van der Waals surface area contributed by atoms with Crippen LogP contribution in [0.2, 0.25) is 10.0 Å². The molecule has 1 aromatic rings. The van der Waals surface area contributed by atoms with Crippen LogP contribution in [0.1, 0.15) is 56.4 Å². The van der Waals surface area contributed by atoms with Crippen LogP contribution in [0.4, 0.5) is 4.39 Å². The molecule has 1 spiro atoms. The van der Waals surface area contributed by atoms with Gasteiger partial charge in [-0.1, -0.05) is 23.2 Å². The number of carbonyl (C=O) groups is 1. The van der Waals surface area contributed by atoms with E-state index in [-0.39, 0.29) is 11.3 Å². The number of benzene rings is 1. The number of hydrogen-bond acceptors (Lipinski definition) is 2. The van der Waals surface area contributed by atoms with Crippen molar-refractivity contribution >= 4 is 29.1 Å². The van der Waals surface area contributed by atoms with Crippen molar-refractivity contribution in [3.63, 3.8) is 0 Å². The topological polar surface area (TPSA) is 23.6 Å². The number of alkyl halides is 1. The van der Waals surface area contributed by atoms with Gasteiger partial charge in [-0.25, -0.2) is 4.39 Å². The number of piperidine rings is 1. The number of likely N-dealkylation sites (tertiary alicyclic amines) is 2. The molecule has 2 aliphatic heterocycles. The van der Waals surface area contributed by atoms with Crippen LogP contribution in [0.5, 0.6) is 0 Å². The van der Waals surface area contributed by atoms with E-state index in [4.69, 9.17) is 23.2 Å². The second-order valence-corrected chi connectivity index (χ2v) is 10.3. The molecule has 4 aliphatic rings. The van der Waals surface area contributed by atoms with Crippen LogP contribution in [0, 0.1) is 5.41 Å². The Morgan fingerprint density at radius 3 is 2.46 bits per heavy atom. The summed E-state index contributed by atoms with van der Waals surface area (Å²) in [6.07, 6.45) is 6.58. The Labute approximate surface area is 176 Å². The lowest BCUT2D eigenvalue weighted by atomic mass is 9.77. The van der Waals surface area contributed by atoms with Crippen molar-refractivity contribution in [3.8, 4) is 0 Å². The highest BCUT2D eigenvalue weighted by atomic mass is 35.5. The molecule has 4 fully saturated rings. The fourth-order valence-electron chi connectivity index (χ4n) is 5.69. The molecule has 3 nitrogen and oxygen atoms in total. The van der Waals surface area contributed by atoms with Gasteiger partial charge in [0.05, 0.1) is 0 Å². The first kappa shape index (κ1) is 19.1. The molecule has 0 N–H and O–H groups in total. The van der Waals surface area contributed by atoms with Gasteiger partial charge in [0, 0.05) is 34.6 Å². The van der Waals surface area contributed by atoms with Crippen molar-refractivity contribution < 1.29 is 9.18 Å². The van der Waals surface area contributed by atoms with E-state index in [0.29, 0.717) is 24.8 Å². The molecular formula is C22H27Cl2FN2O. The lowest BCUT2D eigenvalue weighted by molar-refractivity contribution is -0.150. The van der Waals surface area contributed by atoms with Crippen LogP contribution in [0.25, 0.3) is 0 Å². The smallest absolute Gasteiger partial charge is 0.260 e. The predicted octanol–water partition coefficient (Wildman–Crippen LogP) is 5.06. The second-order valence-electron chi connectivity index (χ2n) is 9.50. The Balaban J connectivity index is 1.14. The largest absolute Gasteiger partial charge is 0.339 e. The van der Waals surface area contributed by atoms with Gasteiger partial charge in [0.25, 0.3) is 5.91 Å². The quantitative estimate of drug-likeness (QED) is 0.676. The lowest BCUT2D eigenvalue weighted by Gasteiger charge is -2.49. The molecule has 2 heterocycles. The Morgan fingerprint density at radius 2 is 1.79 bits per heavy atom. The predicted molar refractivity (Wildman–Crippen MR) is 110 cm³/mol. The molecule has 152 valence electrons. The molecule has 28 heavy (non-hydrogen) atoms. The van der Waals surface area contributed by atoms with Gasteiger partial charge >= 0.3 is 0 Å². The van der Waals surface area contributed by atoms with E-state index in [1.165, 1.54) is 18.4 Å². The molecule has 0 unspecified atom stereocenters. The summed E-state index contributed by atoms with van der Waals surface area (Å²) in [6.45, 7) is 3.71. The molecule has 6 heteroatoms. The van der Waals surface area contributed by atoms with Gasteiger partial charge in [-0.05, 0) is 87.7 Å². The first-order chi connectivity index (χ1) is 13.4. The van der Waals surface area contributed by atoms with Crippen molar-refractivity contribution in [2.75, 3.05) is 26.2 Å². The standard InChI is InChI=1S/C22H27Cl2FN2O/c23-16-1-2-19(24)18(11-16)15-4-9-26(10-5-15)17-3-6-21(12-17)13-27(14-21)20(28)22(25)7-8-22/h1-2,11,15,17H,3-10,12-14H2/t17-/m0/s1. The molecular weight excluding hydrogens is 398 g/mol. The maximum Gasteiger partial charge on any atom is 0.260 e. The monoisotopic (exact) mass is 424 g/mol. The summed E-state index contributed by atoms with van der Waals surface area (Å²) < 4.78 is 14.0. The third kappa shape index (κ3) is 3.36. The zero-order valence-electron chi connectivity index (χ0n) is 16.1. The molecule has 1 atom stereocenters. The summed E-state index contributed by atoms with van der Waals surface area (Å²) in [7, 11) is 0. The number of amides is 1. The Hall–Kier alpha value is -0.840. The van der Waals surface area contributed by atoms with Crippen LogP contribution >= 0.6 is 23.2 Å². The Morgan fingerprint density at radius 1 is 1.07 bits per heavy atom. The zero-order chi connectivity index (χ0) is 19.5. The average molecular weight is 425 g/mol. The van der Waals surface area contributed by atoms with E-state index in [9.17, 15) is 9.18 Å². The van der Waals surface area contributed by atoms with Crippen LogP contribution in [-0.4, -0.2) is 53.6 Å². The zero-order valence-corrected chi connectivity index (χ0v) is 17.6. The molecule has 2 saturated carbocycles. The molecule has 1 amide bonds. The van der Waals surface area contributed by atoms with Crippen molar-refractivity contribution in [2.24, 2.45) is 5.41 Å². The summed E-state index contributed by atoms with van der Waals surface area (Å²) in [5.41, 5.74) is -0.0768. The molecule has 2 aliphatic carbocycles. The first-order valence-electron chi connectivity index (χ1n) is 10.5. The number of hydrogen-bond donors (Lipinski definition) is 0. The fraction of sp³-hybridized carbons (Fsp3) is 0.682. The normalized spacial score (nSPS) is 29.1. The van der Waals surface area contributed by atoms with Gasteiger partial charge in [0.15, 0.2) is 5.67 Å². The Kier molecular flexibility index (Phi) is 4.68. The van der Waals surface area contributed by atoms with Crippen molar-refractivity contribution in [3.05, 3.63) is 33.8 Å². The SMILES string of the molecule is O=C(N1CC2(CC[C@H](N3CCC(c4cc(Cl)ccc4Cl)CC3)C2)C1)C1(F)CC1. The van der Waals surface area contributed by atoms with Crippen molar-refractivity contribution in [1.29, 1.82) is 0 Å². The van der Waals surface area contributed by atoms with Gasteiger partial charge in [0.2, 0.25) is 0 Å². The van der Waals surface area contributed by atoms with Crippen LogP contribution in [0.15, 0.2) is 18.2 Å². The number of carbonyl (C=O) groups excluding carboxylic acids is 1. The highest BCUT2D eigenvalue weighted by molar-refractivity contribution is 6.33. The first-order valence-corrected chi connectivity index (χ1v) is 11.3. The van der Waals surface area contributed by atoms with Gasteiger partial charge in [-0.15, -0.1) is 0 Å². The van der Waals surface area contributed by atoms with E-state index < -0.39 is 5.67 Å². The van der Waals surface area contributed by atoms with Gasteiger partial charge < -0.3 is 9.80 Å². The summed E-state index contributed by atoms with van der Waals surface area (Å²) in [4.78, 5) is 16.6. The molecule has 1 aromatic carbocycles.